The second-order valence-electron chi connectivity index (χ2n) is 8.38. The molecule has 3 aromatic rings. The molecule has 7 heteroatoms. The highest BCUT2D eigenvalue weighted by Crippen LogP contribution is 2.23. The summed E-state index contributed by atoms with van der Waals surface area (Å²) in [4.78, 5) is 32.6. The summed E-state index contributed by atoms with van der Waals surface area (Å²) in [7, 11) is 0. The third-order valence-corrected chi connectivity index (χ3v) is 5.60. The summed E-state index contributed by atoms with van der Waals surface area (Å²) < 4.78 is 5.68. The summed E-state index contributed by atoms with van der Waals surface area (Å²) in [6.07, 6.45) is 0.376. The van der Waals surface area contributed by atoms with Gasteiger partial charge in [-0.15, -0.1) is 0 Å². The van der Waals surface area contributed by atoms with Crippen LogP contribution in [0.4, 0.5) is 5.69 Å². The van der Waals surface area contributed by atoms with Gasteiger partial charge >= 0.3 is 0 Å². The predicted molar refractivity (Wildman–Crippen MR) is 133 cm³/mol. The molecule has 6 nitrogen and oxygen atoms in total. The van der Waals surface area contributed by atoms with Crippen molar-refractivity contribution in [3.05, 3.63) is 95.0 Å². The monoisotopic (exact) mass is 475 g/mol. The van der Waals surface area contributed by atoms with Crippen LogP contribution >= 0.6 is 11.6 Å². The number of nitrogens with zero attached hydrogens (tertiary/aromatic N) is 2. The van der Waals surface area contributed by atoms with Gasteiger partial charge in [0, 0.05) is 5.02 Å². The van der Waals surface area contributed by atoms with Crippen molar-refractivity contribution in [3.8, 4) is 5.75 Å². The molecule has 0 aromatic heterocycles. The average molecular weight is 476 g/mol. The van der Waals surface area contributed by atoms with Crippen molar-refractivity contribution in [2.24, 2.45) is 10.9 Å². The Morgan fingerprint density at radius 3 is 2.26 bits per heavy atom. The molecule has 1 saturated heterocycles. The summed E-state index contributed by atoms with van der Waals surface area (Å²) in [5.41, 5.74) is 2.39. The van der Waals surface area contributed by atoms with Gasteiger partial charge < -0.3 is 4.74 Å². The van der Waals surface area contributed by atoms with Crippen LogP contribution in [-0.2, 0) is 22.6 Å². The van der Waals surface area contributed by atoms with Crippen LogP contribution in [0.15, 0.2) is 83.9 Å². The Hall–Kier alpha value is -3.64. The third-order valence-electron chi connectivity index (χ3n) is 5.35. The lowest BCUT2D eigenvalue weighted by atomic mass is 9.95. The minimum Gasteiger partial charge on any atom is -0.491 e. The number of halogens is 1. The van der Waals surface area contributed by atoms with E-state index in [1.165, 1.54) is 4.90 Å². The van der Waals surface area contributed by atoms with Crippen molar-refractivity contribution < 1.29 is 14.3 Å². The third kappa shape index (κ3) is 5.83. The van der Waals surface area contributed by atoms with Crippen LogP contribution in [0.1, 0.15) is 25.0 Å². The van der Waals surface area contributed by atoms with Crippen LogP contribution < -0.4 is 10.1 Å². The van der Waals surface area contributed by atoms with Gasteiger partial charge in [0.15, 0.2) is 0 Å². The fraction of sp³-hybridized carbons (Fsp3) is 0.222. The second kappa shape index (κ2) is 10.5. The molecule has 0 aliphatic carbocycles. The number of benzene rings is 3. The molecule has 174 valence electrons. The number of ether oxygens (including phenoxy) is 1. The van der Waals surface area contributed by atoms with E-state index in [9.17, 15) is 9.59 Å². The van der Waals surface area contributed by atoms with Gasteiger partial charge in [-0.3, -0.25) is 19.8 Å². The first-order valence-corrected chi connectivity index (χ1v) is 11.5. The summed E-state index contributed by atoms with van der Waals surface area (Å²) in [6, 6.07) is 24.0. The van der Waals surface area contributed by atoms with Crippen molar-refractivity contribution in [1.29, 1.82) is 0 Å². The van der Waals surface area contributed by atoms with Crippen molar-refractivity contribution in [3.63, 3.8) is 0 Å². The summed E-state index contributed by atoms with van der Waals surface area (Å²) in [5.74, 6) is -0.563. The maximum absolute atomic E-state index is 13.5. The molecule has 2 amide bonds. The lowest BCUT2D eigenvalue weighted by molar-refractivity contribution is -0.141. The van der Waals surface area contributed by atoms with Crippen molar-refractivity contribution >= 4 is 35.1 Å². The van der Waals surface area contributed by atoms with Crippen LogP contribution in [0.25, 0.3) is 0 Å². The van der Waals surface area contributed by atoms with Crippen molar-refractivity contribution in [1.82, 2.24) is 10.2 Å². The van der Waals surface area contributed by atoms with Crippen LogP contribution in [0.3, 0.4) is 0 Å². The zero-order chi connectivity index (χ0) is 24.1. The minimum atomic E-state index is -0.838. The van der Waals surface area contributed by atoms with Gasteiger partial charge in [0.1, 0.15) is 11.7 Å². The van der Waals surface area contributed by atoms with Crippen molar-refractivity contribution in [2.75, 3.05) is 0 Å². The highest BCUT2D eigenvalue weighted by atomic mass is 35.5. The van der Waals surface area contributed by atoms with E-state index in [1.807, 2.05) is 68.4 Å². The number of amides is 2. The molecule has 1 N–H and O–H groups in total. The van der Waals surface area contributed by atoms with E-state index in [0.29, 0.717) is 17.1 Å². The fourth-order valence-corrected chi connectivity index (χ4v) is 3.83. The van der Waals surface area contributed by atoms with Gasteiger partial charge in [-0.25, -0.2) is 4.99 Å². The van der Waals surface area contributed by atoms with E-state index in [2.05, 4.69) is 10.3 Å². The quantitative estimate of drug-likeness (QED) is 0.481. The molecule has 0 saturated carbocycles. The van der Waals surface area contributed by atoms with E-state index in [4.69, 9.17) is 16.3 Å². The Kier molecular flexibility index (Phi) is 7.28. The normalized spacial score (nSPS) is 17.2. The number of nitrogens with one attached hydrogen (secondary N) is 1. The Bertz CT molecular complexity index is 1180. The maximum atomic E-state index is 13.5. The molecule has 0 spiro atoms. The average Bonchev–Trinajstić information content (AvgIpc) is 2.82. The fourth-order valence-electron chi connectivity index (χ4n) is 3.71. The Morgan fingerprint density at radius 2 is 1.62 bits per heavy atom. The van der Waals surface area contributed by atoms with E-state index >= 15 is 0 Å². The number of hydrogen-bond donors (Lipinski definition) is 1. The van der Waals surface area contributed by atoms with Gasteiger partial charge in [0.05, 0.1) is 18.3 Å². The number of aliphatic imine (C=N–C) groups is 1. The zero-order valence-corrected chi connectivity index (χ0v) is 19.8. The van der Waals surface area contributed by atoms with E-state index in [1.54, 1.807) is 24.3 Å². The van der Waals surface area contributed by atoms with Gasteiger partial charge in [-0.05, 0) is 67.8 Å². The molecular weight excluding hydrogens is 450 g/mol. The first-order chi connectivity index (χ1) is 16.4. The van der Waals surface area contributed by atoms with Crippen LogP contribution in [0.5, 0.6) is 5.75 Å². The molecule has 34 heavy (non-hydrogen) atoms. The largest absolute Gasteiger partial charge is 0.491 e. The zero-order valence-electron chi connectivity index (χ0n) is 19.1. The molecule has 4 rings (SSSR count). The predicted octanol–water partition coefficient (Wildman–Crippen LogP) is 5.13. The molecular formula is C27H26ClN3O3. The molecule has 1 heterocycles. The number of rotatable bonds is 7. The van der Waals surface area contributed by atoms with Gasteiger partial charge in [0.25, 0.3) is 0 Å². The summed E-state index contributed by atoms with van der Waals surface area (Å²) >= 11 is 6.02. The van der Waals surface area contributed by atoms with Gasteiger partial charge in [-0.2, -0.15) is 0 Å². The Morgan fingerprint density at radius 1 is 0.941 bits per heavy atom. The highest BCUT2D eigenvalue weighted by Gasteiger charge is 2.39. The smallest absolute Gasteiger partial charge is 0.242 e. The molecule has 1 unspecified atom stereocenters. The standard InChI is InChI=1S/C27H26ClN3O3/c1-18(2)34-23-14-12-22(13-15-23)29-27-30-25(32)24(16-19-6-4-3-5-7-19)26(33)31(27)17-20-8-10-21(28)11-9-20/h3-15,18,24H,16-17H2,1-2H3,(H,29,30,32). The van der Waals surface area contributed by atoms with Crippen molar-refractivity contribution in [2.45, 2.75) is 32.9 Å². The highest BCUT2D eigenvalue weighted by molar-refractivity contribution is 6.30. The van der Waals surface area contributed by atoms with Gasteiger partial charge in [0.2, 0.25) is 17.8 Å². The molecule has 0 radical (unpaired) electrons. The lowest BCUT2D eigenvalue weighted by Gasteiger charge is -2.33. The maximum Gasteiger partial charge on any atom is 0.242 e. The SMILES string of the molecule is CC(C)Oc1ccc(N=C2NC(=O)C(Cc3ccccc3)C(=O)N2Cc2ccc(Cl)cc2)cc1. The topological polar surface area (TPSA) is 71.0 Å². The number of guanidine groups is 1. The van der Waals surface area contributed by atoms with Gasteiger partial charge in [-0.1, -0.05) is 54.1 Å². The lowest BCUT2D eigenvalue weighted by Crippen LogP contribution is -2.58. The second-order valence-corrected chi connectivity index (χ2v) is 8.81. The van der Waals surface area contributed by atoms with Crippen LogP contribution in [0, 0.1) is 5.92 Å². The molecule has 1 fully saturated rings. The summed E-state index contributed by atoms with van der Waals surface area (Å²) in [5, 5.41) is 3.47. The Balaban J connectivity index is 1.63. The molecule has 1 aliphatic heterocycles. The number of hydrogen-bond acceptors (Lipinski definition) is 4. The molecule has 1 atom stereocenters. The van der Waals surface area contributed by atoms with E-state index < -0.39 is 5.92 Å². The number of carbonyl (C=O) groups is 2. The minimum absolute atomic E-state index is 0.0591. The molecule has 1 aliphatic rings. The first kappa shape index (κ1) is 23.5. The molecule has 0 bridgehead atoms. The van der Waals surface area contributed by atoms with Crippen LogP contribution in [-0.4, -0.2) is 28.8 Å². The first-order valence-electron chi connectivity index (χ1n) is 11.1. The van der Waals surface area contributed by atoms with E-state index in [0.717, 1.165) is 16.9 Å². The molecule has 3 aromatic carbocycles. The Labute approximate surface area is 204 Å². The van der Waals surface area contributed by atoms with Crippen LogP contribution in [0.2, 0.25) is 5.02 Å². The summed E-state index contributed by atoms with van der Waals surface area (Å²) in [6.45, 7) is 4.17. The van der Waals surface area contributed by atoms with E-state index in [-0.39, 0.29) is 30.4 Å². The number of carbonyl (C=O) groups excluding carboxylic acids is 2.